The number of aryl methyl sites for hydroxylation is 3. The molecule has 0 amide bonds. The number of fused-ring (bicyclic) bond motifs is 1. The number of nitrogens with zero attached hydrogens (tertiary/aromatic N) is 2. The first-order valence-electron chi connectivity index (χ1n) is 14.4. The van der Waals surface area contributed by atoms with Gasteiger partial charge >= 0.3 is 10.1 Å². The zero-order valence-electron chi connectivity index (χ0n) is 25.6. The quantitative estimate of drug-likeness (QED) is 0.212. The molecule has 11 heteroatoms. The zero-order valence-corrected chi connectivity index (χ0v) is 27.4. The van der Waals surface area contributed by atoms with Crippen LogP contribution in [-0.4, -0.2) is 40.5 Å². The minimum absolute atomic E-state index is 0.00479. The van der Waals surface area contributed by atoms with Gasteiger partial charge in [0.2, 0.25) is 0 Å². The summed E-state index contributed by atoms with van der Waals surface area (Å²) in [6.45, 7) is 16.8. The number of rotatable bonds is 7. The van der Waals surface area contributed by atoms with Crippen LogP contribution in [0.2, 0.25) is 18.1 Å². The van der Waals surface area contributed by atoms with Crippen molar-refractivity contribution in [2.75, 3.05) is 18.0 Å². The van der Waals surface area contributed by atoms with Crippen LogP contribution in [0.3, 0.4) is 0 Å². The minimum atomic E-state index is -4.45. The molecule has 0 spiro atoms. The summed E-state index contributed by atoms with van der Waals surface area (Å²) in [6.07, 6.45) is 1.97. The number of hydrogen-bond acceptors (Lipinski definition) is 6. The normalized spacial score (nSPS) is 18.2. The van der Waals surface area contributed by atoms with Crippen LogP contribution in [-0.2, 0) is 14.5 Å². The van der Waals surface area contributed by atoms with Crippen LogP contribution in [0.25, 0.3) is 10.9 Å². The highest BCUT2D eigenvalue weighted by molar-refractivity contribution is 7.87. The van der Waals surface area contributed by atoms with E-state index in [0.29, 0.717) is 30.6 Å². The van der Waals surface area contributed by atoms with Gasteiger partial charge in [0.1, 0.15) is 4.90 Å². The number of anilines is 1. The van der Waals surface area contributed by atoms with Crippen LogP contribution in [0.4, 0.5) is 14.5 Å². The van der Waals surface area contributed by atoms with Gasteiger partial charge in [0.05, 0.1) is 22.7 Å². The molecule has 2 fully saturated rings. The molecule has 2 aromatic carbocycles. The van der Waals surface area contributed by atoms with Crippen molar-refractivity contribution in [1.82, 2.24) is 4.57 Å². The SMILES string of the molecule is Cc1ccc(S(=O)(=O)Oc2cc(=O)n(C3CC3)c3c(C)c(N4CCC(O[Si](C)(C)C(C)(C)C)C4)c(F)c(F)c23)c(C)c1. The summed E-state index contributed by atoms with van der Waals surface area (Å²) < 4.78 is 72.4. The van der Waals surface area contributed by atoms with E-state index >= 15 is 8.78 Å². The lowest BCUT2D eigenvalue weighted by Gasteiger charge is -2.38. The van der Waals surface area contributed by atoms with Crippen molar-refractivity contribution in [3.8, 4) is 5.75 Å². The Morgan fingerprint density at radius 2 is 1.67 bits per heavy atom. The van der Waals surface area contributed by atoms with Crippen molar-refractivity contribution in [2.45, 2.75) is 96.0 Å². The van der Waals surface area contributed by atoms with Gasteiger partial charge < -0.3 is 18.1 Å². The lowest BCUT2D eigenvalue weighted by molar-refractivity contribution is 0.202. The second-order valence-corrected chi connectivity index (χ2v) is 19.6. The predicted octanol–water partition coefficient (Wildman–Crippen LogP) is 6.91. The molecular formula is C31H40F2N2O5SSi. The van der Waals surface area contributed by atoms with E-state index in [2.05, 4.69) is 33.9 Å². The van der Waals surface area contributed by atoms with E-state index in [1.165, 1.54) is 10.6 Å². The van der Waals surface area contributed by atoms with Crippen molar-refractivity contribution < 1.29 is 25.8 Å². The molecule has 3 aromatic rings. The van der Waals surface area contributed by atoms with E-state index in [1.807, 2.05) is 6.92 Å². The Balaban J connectivity index is 1.62. The van der Waals surface area contributed by atoms with Crippen LogP contribution in [0.15, 0.2) is 34.0 Å². The molecule has 1 saturated carbocycles. The van der Waals surface area contributed by atoms with Crippen LogP contribution in [0.5, 0.6) is 5.75 Å². The Bertz CT molecular complexity index is 1740. The van der Waals surface area contributed by atoms with Gasteiger partial charge in [-0.25, -0.2) is 8.78 Å². The molecule has 1 unspecified atom stereocenters. The Kier molecular flexibility index (Phi) is 7.63. The van der Waals surface area contributed by atoms with Gasteiger partial charge in [0.25, 0.3) is 5.56 Å². The van der Waals surface area contributed by atoms with Gasteiger partial charge in [-0.3, -0.25) is 4.79 Å². The van der Waals surface area contributed by atoms with Gasteiger partial charge in [-0.15, -0.1) is 0 Å². The third-order valence-corrected chi connectivity index (χ3v) is 14.9. The van der Waals surface area contributed by atoms with E-state index in [0.717, 1.165) is 24.5 Å². The van der Waals surface area contributed by atoms with Gasteiger partial charge in [-0.05, 0) is 69.8 Å². The number of benzene rings is 2. The van der Waals surface area contributed by atoms with Gasteiger partial charge in [0, 0.05) is 30.8 Å². The standard InChI is InChI=1S/C31H40F2N2O5SSi/c1-18-9-12-24(19(2)15-18)41(37,38)39-23-16-25(36)35(21-10-11-21)29-20(3)30(28(33)27(32)26(23)29)34-14-13-22(17-34)40-42(7,8)31(4,5)6/h9,12,15-16,21-22H,10-11,13-14,17H2,1-8H3. The molecule has 0 N–H and O–H groups in total. The highest BCUT2D eigenvalue weighted by Gasteiger charge is 2.41. The Morgan fingerprint density at radius 1 is 1.00 bits per heavy atom. The predicted molar refractivity (Wildman–Crippen MR) is 164 cm³/mol. The smallest absolute Gasteiger partial charge is 0.339 e. The molecule has 0 radical (unpaired) electrons. The number of hydrogen-bond donors (Lipinski definition) is 0. The summed E-state index contributed by atoms with van der Waals surface area (Å²) >= 11 is 0. The second-order valence-electron chi connectivity index (χ2n) is 13.3. The molecule has 2 heterocycles. The second kappa shape index (κ2) is 10.4. The molecule has 228 valence electrons. The molecule has 5 rings (SSSR count). The average Bonchev–Trinajstić information content (AvgIpc) is 3.59. The first-order chi connectivity index (χ1) is 19.4. The van der Waals surface area contributed by atoms with E-state index < -0.39 is 41.4 Å². The summed E-state index contributed by atoms with van der Waals surface area (Å²) in [5.74, 6) is -2.85. The average molecular weight is 619 g/mol. The van der Waals surface area contributed by atoms with Crippen molar-refractivity contribution >= 4 is 35.0 Å². The van der Waals surface area contributed by atoms with E-state index in [9.17, 15) is 13.2 Å². The largest absolute Gasteiger partial charge is 0.412 e. The molecule has 1 saturated heterocycles. The lowest BCUT2D eigenvalue weighted by Crippen LogP contribution is -2.44. The first kappa shape index (κ1) is 30.7. The van der Waals surface area contributed by atoms with Gasteiger partial charge in [-0.2, -0.15) is 8.42 Å². The molecule has 7 nitrogen and oxygen atoms in total. The minimum Gasteiger partial charge on any atom is -0.412 e. The summed E-state index contributed by atoms with van der Waals surface area (Å²) in [4.78, 5) is 15.1. The number of pyridine rings is 1. The summed E-state index contributed by atoms with van der Waals surface area (Å²) in [5, 5.41) is -0.341. The fourth-order valence-corrected chi connectivity index (χ4v) is 8.20. The van der Waals surface area contributed by atoms with Gasteiger partial charge in [-0.1, -0.05) is 38.5 Å². The molecule has 1 aliphatic heterocycles. The maximum absolute atomic E-state index is 16.2. The number of aromatic nitrogens is 1. The van der Waals surface area contributed by atoms with Gasteiger partial charge in [0.15, 0.2) is 25.7 Å². The highest BCUT2D eigenvalue weighted by atomic mass is 32.2. The fraction of sp³-hybridized carbons (Fsp3) is 0.516. The van der Waals surface area contributed by atoms with Crippen LogP contribution >= 0.6 is 0 Å². The third kappa shape index (κ3) is 5.39. The highest BCUT2D eigenvalue weighted by Crippen LogP contribution is 2.44. The van der Waals surface area contributed by atoms with Crippen molar-refractivity contribution in [3.05, 3.63) is 62.9 Å². The van der Waals surface area contributed by atoms with E-state index in [1.54, 1.807) is 30.9 Å². The van der Waals surface area contributed by atoms with Crippen molar-refractivity contribution in [2.24, 2.45) is 0 Å². The topological polar surface area (TPSA) is 77.8 Å². The van der Waals surface area contributed by atoms with Crippen molar-refractivity contribution in [3.63, 3.8) is 0 Å². The number of halogens is 2. The van der Waals surface area contributed by atoms with Crippen LogP contribution < -0.4 is 14.6 Å². The van der Waals surface area contributed by atoms with Crippen LogP contribution in [0.1, 0.15) is 62.8 Å². The molecular weight excluding hydrogens is 578 g/mol. The van der Waals surface area contributed by atoms with E-state index in [4.69, 9.17) is 8.61 Å². The molecule has 42 heavy (non-hydrogen) atoms. The maximum Gasteiger partial charge on any atom is 0.339 e. The Labute approximate surface area is 247 Å². The summed E-state index contributed by atoms with van der Waals surface area (Å²) in [7, 11) is -6.54. The van der Waals surface area contributed by atoms with E-state index in [-0.39, 0.29) is 38.7 Å². The molecule has 1 aliphatic carbocycles. The molecule has 1 atom stereocenters. The van der Waals surface area contributed by atoms with Crippen LogP contribution in [0, 0.1) is 32.4 Å². The van der Waals surface area contributed by atoms with Crippen molar-refractivity contribution in [1.29, 1.82) is 0 Å². The Hall–Kier alpha value is -2.76. The fourth-order valence-electron chi connectivity index (χ4n) is 5.67. The summed E-state index contributed by atoms with van der Waals surface area (Å²) in [6, 6.07) is 5.51. The summed E-state index contributed by atoms with van der Waals surface area (Å²) in [5.41, 5.74) is 1.40. The monoisotopic (exact) mass is 618 g/mol. The lowest BCUT2D eigenvalue weighted by atomic mass is 10.0. The Morgan fingerprint density at radius 3 is 2.26 bits per heavy atom. The zero-order chi connectivity index (χ0) is 30.9. The molecule has 0 bridgehead atoms. The molecule has 1 aromatic heterocycles. The molecule has 2 aliphatic rings. The maximum atomic E-state index is 16.2. The first-order valence-corrected chi connectivity index (χ1v) is 18.8. The third-order valence-electron chi connectivity index (χ3n) is 8.99.